The number of nitrogens with zero attached hydrogens (tertiary/aromatic N) is 3. The van der Waals surface area contributed by atoms with E-state index in [0.717, 1.165) is 5.69 Å². The van der Waals surface area contributed by atoms with Crippen molar-refractivity contribution in [2.24, 2.45) is 0 Å². The Morgan fingerprint density at radius 1 is 1.47 bits per heavy atom. The van der Waals surface area contributed by atoms with Crippen molar-refractivity contribution < 1.29 is 9.66 Å². The molecule has 0 aliphatic carbocycles. The minimum absolute atomic E-state index is 0.0684. The van der Waals surface area contributed by atoms with Crippen molar-refractivity contribution in [2.45, 2.75) is 6.10 Å². The van der Waals surface area contributed by atoms with Crippen molar-refractivity contribution >= 4 is 11.4 Å². The molecule has 0 spiro atoms. The van der Waals surface area contributed by atoms with Crippen LogP contribution in [-0.2, 0) is 4.74 Å². The van der Waals surface area contributed by atoms with Crippen LogP contribution in [0.15, 0.2) is 24.3 Å². The second kappa shape index (κ2) is 4.80. The van der Waals surface area contributed by atoms with Crippen LogP contribution in [0.5, 0.6) is 0 Å². The molecule has 0 amide bonds. The number of nitriles is 1. The van der Waals surface area contributed by atoms with Gasteiger partial charge in [0.05, 0.1) is 24.1 Å². The molecule has 1 aliphatic rings. The molecule has 0 bridgehead atoms. The Kier molecular flexibility index (Phi) is 3.21. The second-order valence-electron chi connectivity index (χ2n) is 3.71. The van der Waals surface area contributed by atoms with Crippen molar-refractivity contribution in [3.05, 3.63) is 34.4 Å². The minimum atomic E-state index is -0.432. The van der Waals surface area contributed by atoms with Gasteiger partial charge in [0.15, 0.2) is 6.10 Å². The third-order valence-electron chi connectivity index (χ3n) is 2.64. The highest BCUT2D eigenvalue weighted by atomic mass is 16.6. The number of hydrogen-bond donors (Lipinski definition) is 0. The lowest BCUT2D eigenvalue weighted by molar-refractivity contribution is -0.384. The third kappa shape index (κ3) is 2.52. The number of morpholine rings is 1. The van der Waals surface area contributed by atoms with Gasteiger partial charge < -0.3 is 9.64 Å². The molecule has 0 radical (unpaired) electrons. The van der Waals surface area contributed by atoms with Crippen LogP contribution in [0.1, 0.15) is 0 Å². The highest BCUT2D eigenvalue weighted by molar-refractivity contribution is 5.51. The summed E-state index contributed by atoms with van der Waals surface area (Å²) in [5.41, 5.74) is 0.943. The molecule has 0 N–H and O–H groups in total. The topological polar surface area (TPSA) is 79.4 Å². The molecule has 88 valence electrons. The van der Waals surface area contributed by atoms with Crippen LogP contribution < -0.4 is 4.90 Å². The van der Waals surface area contributed by atoms with E-state index in [2.05, 4.69) is 6.07 Å². The average molecular weight is 233 g/mol. The number of benzene rings is 1. The van der Waals surface area contributed by atoms with E-state index in [0.29, 0.717) is 19.7 Å². The molecular weight excluding hydrogens is 222 g/mol. The van der Waals surface area contributed by atoms with Crippen molar-refractivity contribution in [3.8, 4) is 6.07 Å². The van der Waals surface area contributed by atoms with Crippen molar-refractivity contribution in [1.29, 1.82) is 5.26 Å². The fraction of sp³-hybridized carbons (Fsp3) is 0.364. The molecule has 1 aromatic carbocycles. The Morgan fingerprint density at radius 3 is 2.76 bits per heavy atom. The summed E-state index contributed by atoms with van der Waals surface area (Å²) in [5.74, 6) is 0. The number of rotatable bonds is 2. The fourth-order valence-corrected chi connectivity index (χ4v) is 1.75. The van der Waals surface area contributed by atoms with Gasteiger partial charge in [-0.1, -0.05) is 0 Å². The maximum Gasteiger partial charge on any atom is 0.269 e. The number of hydrogen-bond acceptors (Lipinski definition) is 5. The molecule has 0 aromatic heterocycles. The molecule has 6 nitrogen and oxygen atoms in total. The predicted molar refractivity (Wildman–Crippen MR) is 60.7 cm³/mol. The molecule has 6 heteroatoms. The Morgan fingerprint density at radius 2 is 2.18 bits per heavy atom. The van der Waals surface area contributed by atoms with E-state index < -0.39 is 11.0 Å². The van der Waals surface area contributed by atoms with Crippen LogP contribution in [0.4, 0.5) is 11.4 Å². The smallest absolute Gasteiger partial charge is 0.269 e. The lowest BCUT2D eigenvalue weighted by atomic mass is 10.2. The van der Waals surface area contributed by atoms with Crippen LogP contribution in [-0.4, -0.2) is 30.7 Å². The standard InChI is InChI=1S/C11H11N3O3/c12-7-11-8-13(5-6-17-11)9-1-3-10(4-2-9)14(15)16/h1-4,11H,5-6,8H2. The number of ether oxygens (including phenoxy) is 1. The molecular formula is C11H11N3O3. The van der Waals surface area contributed by atoms with Gasteiger partial charge in [-0.25, -0.2) is 0 Å². The van der Waals surface area contributed by atoms with Crippen molar-refractivity contribution in [3.63, 3.8) is 0 Å². The van der Waals surface area contributed by atoms with Gasteiger partial charge in [0.2, 0.25) is 0 Å². The van der Waals surface area contributed by atoms with Gasteiger partial charge in [-0.05, 0) is 12.1 Å². The molecule has 1 aromatic rings. The number of nitro benzene ring substituents is 1. The molecule has 1 atom stereocenters. The first-order valence-electron chi connectivity index (χ1n) is 5.21. The van der Waals surface area contributed by atoms with E-state index in [4.69, 9.17) is 10.00 Å². The molecule has 1 aliphatic heterocycles. The number of non-ortho nitro benzene ring substituents is 1. The summed E-state index contributed by atoms with van der Waals surface area (Å²) < 4.78 is 5.23. The molecule has 1 saturated heterocycles. The molecule has 1 heterocycles. The zero-order chi connectivity index (χ0) is 12.3. The average Bonchev–Trinajstić information content (AvgIpc) is 2.39. The highest BCUT2D eigenvalue weighted by Gasteiger charge is 2.20. The first-order valence-corrected chi connectivity index (χ1v) is 5.21. The summed E-state index contributed by atoms with van der Waals surface area (Å²) in [6.45, 7) is 1.68. The fourth-order valence-electron chi connectivity index (χ4n) is 1.75. The summed E-state index contributed by atoms with van der Waals surface area (Å²) >= 11 is 0. The highest BCUT2D eigenvalue weighted by Crippen LogP contribution is 2.21. The predicted octanol–water partition coefficient (Wildman–Crippen LogP) is 1.32. The Bertz CT molecular complexity index is 452. The van der Waals surface area contributed by atoms with Gasteiger partial charge in [-0.3, -0.25) is 10.1 Å². The Hall–Kier alpha value is -2.13. The summed E-state index contributed by atoms with van der Waals surface area (Å²) in [7, 11) is 0. The van der Waals surface area contributed by atoms with Gasteiger partial charge in [0.1, 0.15) is 0 Å². The summed E-state index contributed by atoms with van der Waals surface area (Å²) in [4.78, 5) is 12.1. The lowest BCUT2D eigenvalue weighted by Gasteiger charge is -2.31. The normalized spacial score (nSPS) is 19.7. The zero-order valence-corrected chi connectivity index (χ0v) is 9.07. The van der Waals surface area contributed by atoms with Gasteiger partial charge in [0, 0.05) is 24.4 Å². The van der Waals surface area contributed by atoms with Crippen LogP contribution in [0.25, 0.3) is 0 Å². The van der Waals surface area contributed by atoms with Gasteiger partial charge >= 0.3 is 0 Å². The molecule has 2 rings (SSSR count). The minimum Gasteiger partial charge on any atom is -0.366 e. The monoisotopic (exact) mass is 233 g/mol. The maximum absolute atomic E-state index is 10.5. The quantitative estimate of drug-likeness (QED) is 0.568. The van der Waals surface area contributed by atoms with Gasteiger partial charge in [-0.2, -0.15) is 5.26 Å². The van der Waals surface area contributed by atoms with E-state index in [1.54, 1.807) is 12.1 Å². The van der Waals surface area contributed by atoms with E-state index in [-0.39, 0.29) is 5.69 Å². The Balaban J connectivity index is 2.12. The first-order chi connectivity index (χ1) is 8.20. The number of anilines is 1. The molecule has 17 heavy (non-hydrogen) atoms. The summed E-state index contributed by atoms with van der Waals surface area (Å²) in [6.07, 6.45) is -0.432. The van der Waals surface area contributed by atoms with E-state index in [1.165, 1.54) is 12.1 Å². The molecule has 0 saturated carbocycles. The van der Waals surface area contributed by atoms with E-state index >= 15 is 0 Å². The van der Waals surface area contributed by atoms with E-state index in [1.807, 2.05) is 4.90 Å². The van der Waals surface area contributed by atoms with Crippen LogP contribution in [0.2, 0.25) is 0 Å². The first kappa shape index (κ1) is 11.4. The van der Waals surface area contributed by atoms with Crippen molar-refractivity contribution in [2.75, 3.05) is 24.6 Å². The molecule has 1 fully saturated rings. The van der Waals surface area contributed by atoms with Gasteiger partial charge in [-0.15, -0.1) is 0 Å². The Labute approximate surface area is 98.2 Å². The van der Waals surface area contributed by atoms with E-state index in [9.17, 15) is 10.1 Å². The lowest BCUT2D eigenvalue weighted by Crippen LogP contribution is -2.41. The zero-order valence-electron chi connectivity index (χ0n) is 9.07. The largest absolute Gasteiger partial charge is 0.366 e. The summed E-state index contributed by atoms with van der Waals surface area (Å²) in [6, 6.07) is 8.37. The van der Waals surface area contributed by atoms with Crippen LogP contribution in [0.3, 0.4) is 0 Å². The summed E-state index contributed by atoms with van der Waals surface area (Å²) in [5, 5.41) is 19.3. The second-order valence-corrected chi connectivity index (χ2v) is 3.71. The maximum atomic E-state index is 10.5. The third-order valence-corrected chi connectivity index (χ3v) is 2.64. The van der Waals surface area contributed by atoms with Crippen LogP contribution >= 0.6 is 0 Å². The number of nitro groups is 1. The van der Waals surface area contributed by atoms with Crippen LogP contribution in [0, 0.1) is 21.4 Å². The van der Waals surface area contributed by atoms with Crippen molar-refractivity contribution in [1.82, 2.24) is 0 Å². The SMILES string of the molecule is N#CC1CN(c2ccc([N+](=O)[O-])cc2)CCO1. The van der Waals surface area contributed by atoms with Gasteiger partial charge in [0.25, 0.3) is 5.69 Å². The molecule has 1 unspecified atom stereocenters.